The second-order valence-corrected chi connectivity index (χ2v) is 15.8. The molecule has 0 spiro atoms. The van der Waals surface area contributed by atoms with Crippen LogP contribution in [0.4, 0.5) is 0 Å². The van der Waals surface area contributed by atoms with Crippen LogP contribution in [-0.4, -0.2) is 101 Å². The average molecular weight is 733 g/mol. The molecule has 0 saturated carbocycles. The van der Waals surface area contributed by atoms with Crippen molar-refractivity contribution in [3.63, 3.8) is 0 Å². The summed E-state index contributed by atoms with van der Waals surface area (Å²) in [7, 11) is 14.1. The van der Waals surface area contributed by atoms with Gasteiger partial charge >= 0.3 is 0 Å². The standard InChI is InChI=1S/C45H56N4O5/c1-46(2)32-17-22-49(23-18-32)28-37-35-19-21-48(4)39-25-30-10-15-40(50-5)41(26-30)53-33-12-8-29(9-13-33)24-38-36-27-34(14-11-31(36)16-20-47(38)3)54-44(42(35)39)45(52-7)43(37)51-6/h8-15,26-27,32,38-39H,16-25,28H2,1-7H3/t38-,39-/m0/s1. The molecule has 0 aliphatic carbocycles. The lowest BCUT2D eigenvalue weighted by Gasteiger charge is -2.40. The highest BCUT2D eigenvalue weighted by molar-refractivity contribution is 5.67. The van der Waals surface area contributed by atoms with Crippen molar-refractivity contribution in [1.29, 1.82) is 0 Å². The average Bonchev–Trinajstić information content (AvgIpc) is 3.18. The molecule has 9 rings (SSSR count). The van der Waals surface area contributed by atoms with Gasteiger partial charge in [-0.1, -0.05) is 24.3 Å². The smallest absolute Gasteiger partial charge is 0.204 e. The fourth-order valence-corrected chi connectivity index (χ4v) is 9.29. The molecule has 0 N–H and O–H groups in total. The van der Waals surface area contributed by atoms with Crippen molar-refractivity contribution in [2.45, 2.75) is 63.2 Å². The van der Waals surface area contributed by atoms with Crippen LogP contribution < -0.4 is 23.7 Å². The summed E-state index contributed by atoms with van der Waals surface area (Å²) in [6, 6.07) is 22.4. The van der Waals surface area contributed by atoms with Crippen molar-refractivity contribution < 1.29 is 23.7 Å². The Labute approximate surface area is 321 Å². The van der Waals surface area contributed by atoms with Crippen LogP contribution in [0.5, 0.6) is 40.2 Å². The zero-order valence-electron chi connectivity index (χ0n) is 33.1. The van der Waals surface area contributed by atoms with E-state index in [2.05, 4.69) is 102 Å². The Bertz CT molecular complexity index is 1970. The molecule has 4 aromatic rings. The molecule has 0 radical (unpaired) electrons. The minimum absolute atomic E-state index is 0.0118. The molecular weight excluding hydrogens is 677 g/mol. The van der Waals surface area contributed by atoms with E-state index in [-0.39, 0.29) is 12.1 Å². The van der Waals surface area contributed by atoms with E-state index in [9.17, 15) is 0 Å². The molecule has 5 heterocycles. The fourth-order valence-electron chi connectivity index (χ4n) is 9.29. The van der Waals surface area contributed by atoms with Gasteiger partial charge in [-0.15, -0.1) is 0 Å². The van der Waals surface area contributed by atoms with Crippen molar-refractivity contribution in [2.24, 2.45) is 0 Å². The molecule has 4 aromatic carbocycles. The lowest BCUT2D eigenvalue weighted by atomic mass is 9.84. The Morgan fingerprint density at radius 3 is 2.11 bits per heavy atom. The molecule has 2 atom stereocenters. The molecule has 6 bridgehead atoms. The van der Waals surface area contributed by atoms with E-state index < -0.39 is 0 Å². The number of nitrogens with zero attached hydrogens (tertiary/aromatic N) is 4. The Balaban J connectivity index is 1.31. The van der Waals surface area contributed by atoms with E-state index in [0.29, 0.717) is 23.3 Å². The second kappa shape index (κ2) is 15.5. The SMILES string of the molecule is COc1ccc2cc1Oc1ccc(cc1)C[C@H]1c3cc(ccc3CCN1C)Oc1c(OC)c(OC)c(CN3CCC(N(C)C)CC3)c3c1[C@H](C2)N(C)CC3. The van der Waals surface area contributed by atoms with E-state index >= 15 is 0 Å². The maximum absolute atomic E-state index is 7.20. The number of likely N-dealkylation sites (tertiary alicyclic amines) is 1. The molecule has 5 aliphatic heterocycles. The summed E-state index contributed by atoms with van der Waals surface area (Å²) in [5.41, 5.74) is 8.81. The number of benzene rings is 4. The van der Waals surface area contributed by atoms with Gasteiger partial charge in [0.25, 0.3) is 0 Å². The third kappa shape index (κ3) is 7.03. The predicted octanol–water partition coefficient (Wildman–Crippen LogP) is 7.68. The largest absolute Gasteiger partial charge is 0.493 e. The van der Waals surface area contributed by atoms with Crippen molar-refractivity contribution in [3.05, 3.63) is 99.6 Å². The third-order valence-electron chi connectivity index (χ3n) is 12.5. The van der Waals surface area contributed by atoms with Crippen molar-refractivity contribution in [3.8, 4) is 40.2 Å². The van der Waals surface area contributed by atoms with Gasteiger partial charge in [-0.2, -0.15) is 0 Å². The first kappa shape index (κ1) is 36.7. The number of piperidine rings is 1. The van der Waals surface area contributed by atoms with Crippen LogP contribution >= 0.6 is 0 Å². The van der Waals surface area contributed by atoms with Gasteiger partial charge in [0.2, 0.25) is 5.75 Å². The van der Waals surface area contributed by atoms with E-state index in [0.717, 1.165) is 99.8 Å². The fraction of sp³-hybridized carbons (Fsp3) is 0.467. The highest BCUT2D eigenvalue weighted by Gasteiger charge is 2.37. The first-order chi connectivity index (χ1) is 26.2. The van der Waals surface area contributed by atoms with Crippen molar-refractivity contribution in [2.75, 3.05) is 75.7 Å². The summed E-state index contributed by atoms with van der Waals surface area (Å²) in [6.07, 6.45) is 5.84. The monoisotopic (exact) mass is 732 g/mol. The minimum atomic E-state index is 0.0118. The molecule has 0 amide bonds. The summed E-state index contributed by atoms with van der Waals surface area (Å²) in [5, 5.41) is 0. The van der Waals surface area contributed by atoms with E-state index in [1.165, 1.54) is 33.4 Å². The van der Waals surface area contributed by atoms with Gasteiger partial charge in [-0.05, 0) is 144 Å². The maximum Gasteiger partial charge on any atom is 0.204 e. The quantitative estimate of drug-likeness (QED) is 0.199. The molecule has 1 fully saturated rings. The Hall–Kier alpha value is -4.28. The van der Waals surface area contributed by atoms with Gasteiger partial charge < -0.3 is 28.6 Å². The van der Waals surface area contributed by atoms with Gasteiger partial charge in [-0.3, -0.25) is 14.7 Å². The van der Waals surface area contributed by atoms with Crippen molar-refractivity contribution >= 4 is 0 Å². The van der Waals surface area contributed by atoms with E-state index in [4.69, 9.17) is 23.7 Å². The van der Waals surface area contributed by atoms with E-state index in [1.807, 2.05) is 6.07 Å². The first-order valence-corrected chi connectivity index (χ1v) is 19.6. The number of hydrogen-bond acceptors (Lipinski definition) is 9. The lowest BCUT2D eigenvalue weighted by Crippen LogP contribution is -2.42. The summed E-state index contributed by atoms with van der Waals surface area (Å²) in [6.45, 7) is 4.83. The van der Waals surface area contributed by atoms with Crippen LogP contribution in [0.1, 0.15) is 63.9 Å². The summed E-state index contributed by atoms with van der Waals surface area (Å²) < 4.78 is 32.3. The van der Waals surface area contributed by atoms with Crippen LogP contribution in [0.15, 0.2) is 60.7 Å². The maximum atomic E-state index is 7.20. The minimum Gasteiger partial charge on any atom is -0.493 e. The number of ether oxygens (including phenoxy) is 5. The summed E-state index contributed by atoms with van der Waals surface area (Å²) in [5.74, 6) is 5.22. The molecule has 0 unspecified atom stereocenters. The third-order valence-corrected chi connectivity index (χ3v) is 12.5. The molecule has 0 aromatic heterocycles. The summed E-state index contributed by atoms with van der Waals surface area (Å²) >= 11 is 0. The van der Waals surface area contributed by atoms with Crippen LogP contribution in [0.3, 0.4) is 0 Å². The van der Waals surface area contributed by atoms with Crippen LogP contribution in [0, 0.1) is 0 Å². The normalized spacial score (nSPS) is 20.7. The number of hydrogen-bond donors (Lipinski definition) is 0. The first-order valence-electron chi connectivity index (χ1n) is 19.6. The topological polar surface area (TPSA) is 59.1 Å². The molecule has 9 heteroatoms. The Kier molecular flexibility index (Phi) is 10.5. The molecule has 5 aliphatic rings. The molecular formula is C45H56N4O5. The van der Waals surface area contributed by atoms with Gasteiger partial charge in [0.15, 0.2) is 23.0 Å². The van der Waals surface area contributed by atoms with Gasteiger partial charge in [-0.25, -0.2) is 0 Å². The summed E-state index contributed by atoms with van der Waals surface area (Å²) in [4.78, 5) is 9.90. The number of fused-ring (bicyclic) bond motifs is 2. The number of likely N-dealkylation sites (N-methyl/N-ethyl adjacent to an activating group) is 2. The Morgan fingerprint density at radius 1 is 0.704 bits per heavy atom. The van der Waals surface area contributed by atoms with E-state index in [1.54, 1.807) is 21.3 Å². The van der Waals surface area contributed by atoms with Gasteiger partial charge in [0.05, 0.1) is 21.3 Å². The lowest BCUT2D eigenvalue weighted by molar-refractivity contribution is 0.138. The predicted molar refractivity (Wildman–Crippen MR) is 213 cm³/mol. The zero-order chi connectivity index (χ0) is 37.5. The van der Waals surface area contributed by atoms with Crippen molar-refractivity contribution in [1.82, 2.24) is 19.6 Å². The van der Waals surface area contributed by atoms with Crippen LogP contribution in [0.25, 0.3) is 0 Å². The Morgan fingerprint density at radius 2 is 1.39 bits per heavy atom. The molecule has 54 heavy (non-hydrogen) atoms. The number of methoxy groups -OCH3 is 3. The van der Waals surface area contributed by atoms with Gasteiger partial charge in [0, 0.05) is 48.9 Å². The second-order valence-electron chi connectivity index (χ2n) is 15.8. The highest BCUT2D eigenvalue weighted by atomic mass is 16.5. The highest BCUT2D eigenvalue weighted by Crippen LogP contribution is 2.53. The zero-order valence-corrected chi connectivity index (χ0v) is 33.1. The molecule has 9 nitrogen and oxygen atoms in total. The van der Waals surface area contributed by atoms with Crippen LogP contribution in [0.2, 0.25) is 0 Å². The molecule has 1 saturated heterocycles. The van der Waals surface area contributed by atoms with Crippen LogP contribution in [-0.2, 0) is 32.2 Å². The van der Waals surface area contributed by atoms with Gasteiger partial charge in [0.1, 0.15) is 11.5 Å². The number of rotatable bonds is 6. The molecule has 286 valence electrons.